The maximum Gasteiger partial charge on any atom is 0.205 e. The first-order chi connectivity index (χ1) is 12.6. The Morgan fingerprint density at radius 3 is 2.74 bits per heavy atom. The van der Waals surface area contributed by atoms with Crippen LogP contribution in [0.15, 0.2) is 22.8 Å². The quantitative estimate of drug-likeness (QED) is 0.834. The van der Waals surface area contributed by atoms with Crippen molar-refractivity contribution in [3.05, 3.63) is 39.2 Å². The second-order valence-electron chi connectivity index (χ2n) is 8.19. The molecule has 1 aliphatic heterocycles. The fourth-order valence-corrected chi connectivity index (χ4v) is 4.10. The molecular weight excluding hydrogens is 364 g/mol. The van der Waals surface area contributed by atoms with E-state index < -0.39 is 5.92 Å². The SMILES string of the molecule is CC[C@H](C)n1nc(C)c(Cl)c1[C@H]1C(C#N)=C(N)OC2=C1C(=O)CC(C)(C)C2. The Morgan fingerprint density at radius 1 is 1.48 bits per heavy atom. The standard InChI is InChI=1S/C20H25ClN4O2/c1-6-10(2)25-18(17(21)11(3)24-25)15-12(9-22)19(23)27-14-8-20(4,5)7-13(26)16(14)15/h10,15H,6-8,23H2,1-5H3/t10-,15-/m0/s1. The summed E-state index contributed by atoms with van der Waals surface area (Å²) in [5, 5.41) is 14.8. The zero-order chi connectivity index (χ0) is 20.1. The van der Waals surface area contributed by atoms with E-state index in [0.29, 0.717) is 40.6 Å². The number of nitrogens with zero attached hydrogens (tertiary/aromatic N) is 3. The van der Waals surface area contributed by atoms with Crippen LogP contribution in [0.25, 0.3) is 0 Å². The Morgan fingerprint density at radius 2 is 2.15 bits per heavy atom. The molecule has 2 heterocycles. The van der Waals surface area contributed by atoms with Crippen LogP contribution in [0.3, 0.4) is 0 Å². The summed E-state index contributed by atoms with van der Waals surface area (Å²) in [4.78, 5) is 13.1. The van der Waals surface area contributed by atoms with Gasteiger partial charge < -0.3 is 10.5 Å². The number of hydrogen-bond donors (Lipinski definition) is 1. The largest absolute Gasteiger partial charge is 0.444 e. The lowest BCUT2D eigenvalue weighted by molar-refractivity contribution is -0.119. The van der Waals surface area contributed by atoms with E-state index in [0.717, 1.165) is 6.42 Å². The molecule has 144 valence electrons. The van der Waals surface area contributed by atoms with Crippen LogP contribution in [-0.4, -0.2) is 15.6 Å². The van der Waals surface area contributed by atoms with Crippen molar-refractivity contribution in [1.29, 1.82) is 5.26 Å². The molecule has 0 amide bonds. The van der Waals surface area contributed by atoms with Crippen LogP contribution in [-0.2, 0) is 9.53 Å². The molecule has 0 fully saturated rings. The molecule has 0 radical (unpaired) electrons. The van der Waals surface area contributed by atoms with E-state index in [-0.39, 0.29) is 28.7 Å². The Kier molecular flexibility index (Phi) is 4.85. The van der Waals surface area contributed by atoms with Crippen molar-refractivity contribution >= 4 is 17.4 Å². The second-order valence-corrected chi connectivity index (χ2v) is 8.57. The van der Waals surface area contributed by atoms with Gasteiger partial charge in [0.05, 0.1) is 22.3 Å². The highest BCUT2D eigenvalue weighted by atomic mass is 35.5. The summed E-state index contributed by atoms with van der Waals surface area (Å²) in [5.41, 5.74) is 7.89. The van der Waals surface area contributed by atoms with Crippen molar-refractivity contribution in [2.45, 2.75) is 65.8 Å². The van der Waals surface area contributed by atoms with Gasteiger partial charge in [0.15, 0.2) is 5.78 Å². The van der Waals surface area contributed by atoms with Crippen molar-refractivity contribution < 1.29 is 9.53 Å². The van der Waals surface area contributed by atoms with Crippen LogP contribution in [0.2, 0.25) is 5.02 Å². The van der Waals surface area contributed by atoms with Crippen LogP contribution in [0, 0.1) is 23.7 Å². The van der Waals surface area contributed by atoms with Crippen LogP contribution >= 0.6 is 11.6 Å². The van der Waals surface area contributed by atoms with Crippen molar-refractivity contribution in [3.63, 3.8) is 0 Å². The van der Waals surface area contributed by atoms with Crippen molar-refractivity contribution in [1.82, 2.24) is 9.78 Å². The van der Waals surface area contributed by atoms with Crippen molar-refractivity contribution in [2.24, 2.45) is 11.1 Å². The Labute approximate surface area is 164 Å². The predicted molar refractivity (Wildman–Crippen MR) is 103 cm³/mol. The predicted octanol–water partition coefficient (Wildman–Crippen LogP) is 4.27. The first-order valence-electron chi connectivity index (χ1n) is 9.19. The number of ether oxygens (including phenoxy) is 1. The van der Waals surface area contributed by atoms with Gasteiger partial charge in [0.1, 0.15) is 17.4 Å². The highest BCUT2D eigenvalue weighted by Gasteiger charge is 2.45. The minimum absolute atomic E-state index is 0.0304. The lowest BCUT2D eigenvalue weighted by atomic mass is 9.71. The maximum absolute atomic E-state index is 13.1. The minimum atomic E-state index is -0.648. The lowest BCUT2D eigenvalue weighted by Gasteiger charge is -2.37. The van der Waals surface area contributed by atoms with E-state index >= 15 is 0 Å². The van der Waals surface area contributed by atoms with Gasteiger partial charge in [-0.05, 0) is 25.7 Å². The number of aryl methyl sites for hydroxylation is 1. The normalized spacial score (nSPS) is 23.0. The lowest BCUT2D eigenvalue weighted by Crippen LogP contribution is -2.34. The van der Waals surface area contributed by atoms with Crippen molar-refractivity contribution in [2.75, 3.05) is 0 Å². The van der Waals surface area contributed by atoms with Crippen LogP contribution in [0.1, 0.15) is 70.3 Å². The molecule has 1 aromatic rings. The summed E-state index contributed by atoms with van der Waals surface area (Å²) in [7, 11) is 0. The third-order valence-corrected chi connectivity index (χ3v) is 5.87. The number of carbonyl (C=O) groups excluding carboxylic acids is 1. The summed E-state index contributed by atoms with van der Waals surface area (Å²) in [6, 6.07) is 2.20. The minimum Gasteiger partial charge on any atom is -0.444 e. The van der Waals surface area contributed by atoms with Gasteiger partial charge in [-0.3, -0.25) is 9.48 Å². The number of nitriles is 1. The third-order valence-electron chi connectivity index (χ3n) is 5.40. The van der Waals surface area contributed by atoms with E-state index in [4.69, 9.17) is 22.1 Å². The molecule has 2 N–H and O–H groups in total. The number of aromatic nitrogens is 2. The summed E-state index contributed by atoms with van der Waals surface area (Å²) in [5.74, 6) is -0.0945. The molecule has 0 aromatic carbocycles. The average Bonchev–Trinajstić information content (AvgIpc) is 2.86. The van der Waals surface area contributed by atoms with E-state index in [1.165, 1.54) is 0 Å². The molecule has 27 heavy (non-hydrogen) atoms. The molecule has 6 nitrogen and oxygen atoms in total. The monoisotopic (exact) mass is 388 g/mol. The first kappa shape index (κ1) is 19.5. The molecule has 2 aliphatic rings. The zero-order valence-corrected chi connectivity index (χ0v) is 17.1. The number of Topliss-reactive ketones (excluding diaryl/α,β-unsaturated/α-hetero) is 1. The van der Waals surface area contributed by atoms with Gasteiger partial charge in [-0.25, -0.2) is 0 Å². The number of carbonyl (C=O) groups is 1. The molecule has 0 saturated carbocycles. The number of nitrogens with two attached hydrogens (primary N) is 1. The number of allylic oxidation sites excluding steroid dienone is 3. The molecule has 0 unspecified atom stereocenters. The van der Waals surface area contributed by atoms with Gasteiger partial charge in [-0.2, -0.15) is 10.4 Å². The second kappa shape index (κ2) is 6.72. The fourth-order valence-electron chi connectivity index (χ4n) is 3.87. The summed E-state index contributed by atoms with van der Waals surface area (Å²) >= 11 is 6.62. The third kappa shape index (κ3) is 3.14. The summed E-state index contributed by atoms with van der Waals surface area (Å²) in [6.45, 7) is 9.95. The zero-order valence-electron chi connectivity index (χ0n) is 16.4. The highest BCUT2D eigenvalue weighted by Crippen LogP contribution is 2.49. The smallest absolute Gasteiger partial charge is 0.205 e. The van der Waals surface area contributed by atoms with Gasteiger partial charge >= 0.3 is 0 Å². The fraction of sp³-hybridized carbons (Fsp3) is 0.550. The number of hydrogen-bond acceptors (Lipinski definition) is 5. The van der Waals surface area contributed by atoms with Gasteiger partial charge in [0.25, 0.3) is 0 Å². The molecule has 3 rings (SSSR count). The molecule has 2 atom stereocenters. The molecule has 0 bridgehead atoms. The summed E-state index contributed by atoms with van der Waals surface area (Å²) in [6.07, 6.45) is 1.80. The van der Waals surface area contributed by atoms with Crippen molar-refractivity contribution in [3.8, 4) is 6.07 Å². The van der Waals surface area contributed by atoms with Crippen LogP contribution in [0.4, 0.5) is 0 Å². The van der Waals surface area contributed by atoms with E-state index in [1.807, 2.05) is 32.4 Å². The summed E-state index contributed by atoms with van der Waals surface area (Å²) < 4.78 is 7.58. The Bertz CT molecular complexity index is 917. The Hall–Kier alpha value is -2.26. The first-order valence-corrected chi connectivity index (χ1v) is 9.57. The molecule has 7 heteroatoms. The van der Waals surface area contributed by atoms with Gasteiger partial charge in [0.2, 0.25) is 5.88 Å². The number of halogens is 1. The number of ketones is 1. The number of rotatable bonds is 3. The van der Waals surface area contributed by atoms with Gasteiger partial charge in [-0.15, -0.1) is 0 Å². The van der Waals surface area contributed by atoms with Gasteiger partial charge in [0, 0.05) is 24.5 Å². The van der Waals surface area contributed by atoms with E-state index in [2.05, 4.69) is 18.1 Å². The molecular formula is C20H25ClN4O2. The molecule has 0 spiro atoms. The molecule has 1 aromatic heterocycles. The Balaban J connectivity index is 2.29. The average molecular weight is 389 g/mol. The van der Waals surface area contributed by atoms with Gasteiger partial charge in [-0.1, -0.05) is 32.4 Å². The van der Waals surface area contributed by atoms with E-state index in [9.17, 15) is 10.1 Å². The highest BCUT2D eigenvalue weighted by molar-refractivity contribution is 6.32. The van der Waals surface area contributed by atoms with E-state index in [1.54, 1.807) is 0 Å². The van der Waals surface area contributed by atoms with Crippen LogP contribution in [0.5, 0.6) is 0 Å². The topological polar surface area (TPSA) is 93.9 Å². The molecule has 1 aliphatic carbocycles. The van der Waals surface area contributed by atoms with Crippen LogP contribution < -0.4 is 5.73 Å². The maximum atomic E-state index is 13.1. The molecule has 0 saturated heterocycles.